The van der Waals surface area contributed by atoms with Crippen molar-refractivity contribution in [3.63, 3.8) is 0 Å². The van der Waals surface area contributed by atoms with Gasteiger partial charge in [0.05, 0.1) is 22.7 Å². The third kappa shape index (κ3) is 5.03. The summed E-state index contributed by atoms with van der Waals surface area (Å²) in [7, 11) is -3.61. The molecule has 1 rings (SSSR count). The lowest BCUT2D eigenvalue weighted by Crippen LogP contribution is -2.29. The average molecular weight is 283 g/mol. The lowest BCUT2D eigenvalue weighted by Gasteiger charge is -2.07. The third-order valence-corrected chi connectivity index (χ3v) is 3.63. The molecule has 0 aliphatic heterocycles. The molecular formula is C11H13N3O4S. The summed E-state index contributed by atoms with van der Waals surface area (Å²) in [6.45, 7) is 1.61. The summed E-state index contributed by atoms with van der Waals surface area (Å²) in [5, 5.41) is 19.1. The normalized spacial score (nSPS) is 12.6. The smallest absolute Gasteiger partial charge is 0.258 e. The van der Waals surface area contributed by atoms with Crippen molar-refractivity contribution in [1.82, 2.24) is 4.72 Å². The highest BCUT2D eigenvalue weighted by molar-refractivity contribution is 7.88. The highest BCUT2D eigenvalue weighted by atomic mass is 32.2. The lowest BCUT2D eigenvalue weighted by atomic mass is 10.2. The van der Waals surface area contributed by atoms with Crippen LogP contribution in [0.2, 0.25) is 0 Å². The van der Waals surface area contributed by atoms with Gasteiger partial charge in [0.1, 0.15) is 0 Å². The molecule has 0 unspecified atom stereocenters. The number of nitriles is 1. The molecule has 0 aliphatic carbocycles. The van der Waals surface area contributed by atoms with Gasteiger partial charge in [-0.05, 0) is 12.5 Å². The quantitative estimate of drug-likeness (QED) is 0.622. The van der Waals surface area contributed by atoms with Crippen molar-refractivity contribution in [3.8, 4) is 6.07 Å². The van der Waals surface area contributed by atoms with Crippen molar-refractivity contribution in [2.45, 2.75) is 12.7 Å². The summed E-state index contributed by atoms with van der Waals surface area (Å²) in [6.07, 6.45) is 0. The number of non-ortho nitro benzene ring substituents is 1. The molecule has 8 heteroatoms. The van der Waals surface area contributed by atoms with E-state index in [1.807, 2.05) is 6.07 Å². The van der Waals surface area contributed by atoms with Crippen LogP contribution in [-0.4, -0.2) is 19.9 Å². The van der Waals surface area contributed by atoms with Gasteiger partial charge in [-0.2, -0.15) is 5.26 Å². The van der Waals surface area contributed by atoms with E-state index in [1.54, 1.807) is 6.92 Å². The summed E-state index contributed by atoms with van der Waals surface area (Å²) in [5.41, 5.74) is 0.171. The van der Waals surface area contributed by atoms with Crippen molar-refractivity contribution >= 4 is 15.7 Å². The number of hydrogen-bond acceptors (Lipinski definition) is 5. The zero-order chi connectivity index (χ0) is 14.5. The van der Waals surface area contributed by atoms with E-state index in [4.69, 9.17) is 5.26 Å². The Kier molecular flexibility index (Phi) is 4.97. The van der Waals surface area contributed by atoms with Crippen LogP contribution in [0.15, 0.2) is 24.3 Å². The molecule has 0 saturated carbocycles. The average Bonchev–Trinajstić information content (AvgIpc) is 2.35. The van der Waals surface area contributed by atoms with Gasteiger partial charge in [-0.3, -0.25) is 10.1 Å². The predicted octanol–water partition coefficient (Wildman–Crippen LogP) is 1.17. The first-order valence-electron chi connectivity index (χ1n) is 5.44. The van der Waals surface area contributed by atoms with E-state index in [-0.39, 0.29) is 18.0 Å². The molecule has 102 valence electrons. The highest BCUT2D eigenvalue weighted by Gasteiger charge is 2.15. The minimum absolute atomic E-state index is 0.0216. The van der Waals surface area contributed by atoms with Crippen LogP contribution in [-0.2, 0) is 15.8 Å². The molecule has 1 aromatic carbocycles. The molecule has 1 N–H and O–H groups in total. The standard InChI is InChI=1S/C11H13N3O4S/c1-9(6-12)7-13-19(17,18)8-10-3-2-4-11(5-10)14(15)16/h2-5,9,13H,7-8H2,1H3/t9-/m1/s1. The Labute approximate surface area is 111 Å². The van der Waals surface area contributed by atoms with Crippen LogP contribution in [0.4, 0.5) is 5.69 Å². The van der Waals surface area contributed by atoms with E-state index < -0.39 is 20.9 Å². The maximum atomic E-state index is 11.7. The number of rotatable bonds is 6. The summed E-state index contributed by atoms with van der Waals surface area (Å²) in [4.78, 5) is 10.00. The summed E-state index contributed by atoms with van der Waals surface area (Å²) in [6, 6.07) is 7.35. The molecule has 0 aliphatic rings. The Bertz CT molecular complexity index is 607. The number of nitro benzene ring substituents is 1. The predicted molar refractivity (Wildman–Crippen MR) is 68.5 cm³/mol. The monoisotopic (exact) mass is 283 g/mol. The first kappa shape index (κ1) is 15.1. The second kappa shape index (κ2) is 6.26. The molecular weight excluding hydrogens is 270 g/mol. The summed E-state index contributed by atoms with van der Waals surface area (Å²) >= 11 is 0. The van der Waals surface area contributed by atoms with Gasteiger partial charge in [0.25, 0.3) is 5.69 Å². The van der Waals surface area contributed by atoms with Gasteiger partial charge in [0, 0.05) is 18.7 Å². The lowest BCUT2D eigenvalue weighted by molar-refractivity contribution is -0.384. The molecule has 0 amide bonds. The fraction of sp³-hybridized carbons (Fsp3) is 0.364. The molecule has 0 fully saturated rings. The second-order valence-corrected chi connectivity index (χ2v) is 5.87. The van der Waals surface area contributed by atoms with E-state index in [9.17, 15) is 18.5 Å². The molecule has 1 atom stereocenters. The van der Waals surface area contributed by atoms with Crippen LogP contribution >= 0.6 is 0 Å². The van der Waals surface area contributed by atoms with Gasteiger partial charge in [-0.25, -0.2) is 13.1 Å². The SMILES string of the molecule is C[C@H](C#N)CNS(=O)(=O)Cc1cccc([N+](=O)[O-])c1. The number of nitrogens with one attached hydrogen (secondary N) is 1. The molecule has 19 heavy (non-hydrogen) atoms. The van der Waals surface area contributed by atoms with Gasteiger partial charge in [0.15, 0.2) is 0 Å². The van der Waals surface area contributed by atoms with Crippen LogP contribution in [0.25, 0.3) is 0 Å². The van der Waals surface area contributed by atoms with Crippen LogP contribution in [0, 0.1) is 27.4 Å². The van der Waals surface area contributed by atoms with Gasteiger partial charge in [-0.1, -0.05) is 12.1 Å². The Morgan fingerprint density at radius 1 is 1.53 bits per heavy atom. The topological polar surface area (TPSA) is 113 Å². The van der Waals surface area contributed by atoms with Crippen LogP contribution < -0.4 is 4.72 Å². The van der Waals surface area contributed by atoms with Gasteiger partial charge < -0.3 is 0 Å². The van der Waals surface area contributed by atoms with E-state index in [0.29, 0.717) is 5.56 Å². The molecule has 0 heterocycles. The number of nitrogens with zero attached hydrogens (tertiary/aromatic N) is 2. The van der Waals surface area contributed by atoms with E-state index in [0.717, 1.165) is 0 Å². The van der Waals surface area contributed by atoms with Crippen LogP contribution in [0.1, 0.15) is 12.5 Å². The Balaban J connectivity index is 2.76. The molecule has 0 radical (unpaired) electrons. The molecule has 0 aromatic heterocycles. The number of hydrogen-bond donors (Lipinski definition) is 1. The molecule has 7 nitrogen and oxygen atoms in total. The van der Waals surface area contributed by atoms with Crippen LogP contribution in [0.5, 0.6) is 0 Å². The zero-order valence-electron chi connectivity index (χ0n) is 10.2. The zero-order valence-corrected chi connectivity index (χ0v) is 11.1. The molecule has 0 spiro atoms. The summed E-state index contributed by atoms with van der Waals surface area (Å²) in [5.74, 6) is -0.785. The molecule has 0 saturated heterocycles. The maximum absolute atomic E-state index is 11.7. The van der Waals surface area contributed by atoms with Crippen molar-refractivity contribution in [1.29, 1.82) is 5.26 Å². The first-order chi connectivity index (χ1) is 8.84. The minimum atomic E-state index is -3.61. The number of nitro groups is 1. The van der Waals surface area contributed by atoms with Crippen molar-refractivity contribution in [2.75, 3.05) is 6.54 Å². The Morgan fingerprint density at radius 2 is 2.21 bits per heavy atom. The van der Waals surface area contributed by atoms with Crippen molar-refractivity contribution in [3.05, 3.63) is 39.9 Å². The fourth-order valence-corrected chi connectivity index (χ4v) is 2.55. The van der Waals surface area contributed by atoms with E-state index in [2.05, 4.69) is 4.72 Å². The minimum Gasteiger partial charge on any atom is -0.258 e. The van der Waals surface area contributed by atoms with Crippen LogP contribution in [0.3, 0.4) is 0 Å². The fourth-order valence-electron chi connectivity index (χ4n) is 1.33. The summed E-state index contributed by atoms with van der Waals surface area (Å²) < 4.78 is 25.7. The molecule has 0 bridgehead atoms. The Hall–Kier alpha value is -1.98. The molecule has 1 aromatic rings. The largest absolute Gasteiger partial charge is 0.269 e. The first-order valence-corrected chi connectivity index (χ1v) is 7.09. The van der Waals surface area contributed by atoms with Gasteiger partial charge >= 0.3 is 0 Å². The number of sulfonamides is 1. The van der Waals surface area contributed by atoms with E-state index in [1.165, 1.54) is 24.3 Å². The number of benzene rings is 1. The second-order valence-electron chi connectivity index (χ2n) is 4.06. The maximum Gasteiger partial charge on any atom is 0.269 e. The Morgan fingerprint density at radius 3 is 2.79 bits per heavy atom. The van der Waals surface area contributed by atoms with E-state index >= 15 is 0 Å². The van der Waals surface area contributed by atoms with Crippen molar-refractivity contribution < 1.29 is 13.3 Å². The highest BCUT2D eigenvalue weighted by Crippen LogP contribution is 2.14. The van der Waals surface area contributed by atoms with Gasteiger partial charge in [0.2, 0.25) is 10.0 Å². The third-order valence-electron chi connectivity index (χ3n) is 2.31. The van der Waals surface area contributed by atoms with Crippen molar-refractivity contribution in [2.24, 2.45) is 5.92 Å². The van der Waals surface area contributed by atoms with Gasteiger partial charge in [-0.15, -0.1) is 0 Å².